The highest BCUT2D eigenvalue weighted by Gasteiger charge is 2.18. The maximum absolute atomic E-state index is 12.8. The molecule has 1 aromatic heterocycles. The number of para-hydroxylation sites is 1. The Labute approximate surface area is 149 Å². The van der Waals surface area contributed by atoms with Gasteiger partial charge in [-0.05, 0) is 19.1 Å². The van der Waals surface area contributed by atoms with Crippen molar-refractivity contribution in [1.29, 1.82) is 0 Å². The molecule has 0 saturated carbocycles. The van der Waals surface area contributed by atoms with E-state index in [9.17, 15) is 4.79 Å². The maximum Gasteiger partial charge on any atom is 0.256 e. The van der Waals surface area contributed by atoms with Crippen LogP contribution >= 0.6 is 11.6 Å². The third kappa shape index (κ3) is 2.98. The number of benzene rings is 2. The highest BCUT2D eigenvalue weighted by atomic mass is 35.5. The van der Waals surface area contributed by atoms with Crippen LogP contribution in [0.4, 0.5) is 5.69 Å². The van der Waals surface area contributed by atoms with E-state index in [1.54, 1.807) is 18.2 Å². The molecule has 5 nitrogen and oxygen atoms in total. The van der Waals surface area contributed by atoms with Crippen LogP contribution < -0.4 is 14.8 Å². The number of anilines is 1. The van der Waals surface area contributed by atoms with Crippen molar-refractivity contribution in [2.75, 3.05) is 18.5 Å². The van der Waals surface area contributed by atoms with Gasteiger partial charge in [-0.1, -0.05) is 29.8 Å². The van der Waals surface area contributed by atoms with E-state index in [4.69, 9.17) is 21.1 Å². The van der Waals surface area contributed by atoms with Crippen LogP contribution in [0.2, 0.25) is 5.02 Å². The zero-order chi connectivity index (χ0) is 17.4. The van der Waals surface area contributed by atoms with Crippen LogP contribution in [0.15, 0.2) is 42.5 Å². The standard InChI is InChI=1S/C19H15ClN2O3/c1-11-8-13(12-4-2-3-5-15(12)21-11)19(23)22-16-10-18-17(9-14(16)20)24-6-7-25-18/h2-5,8-10H,6-7H2,1H3,(H,22,23). The number of carbonyl (C=O) groups is 1. The fraction of sp³-hybridized carbons (Fsp3) is 0.158. The predicted molar refractivity (Wildman–Crippen MR) is 96.9 cm³/mol. The summed E-state index contributed by atoms with van der Waals surface area (Å²) >= 11 is 6.28. The molecule has 0 bridgehead atoms. The van der Waals surface area contributed by atoms with Crippen molar-refractivity contribution in [3.8, 4) is 11.5 Å². The normalized spacial score (nSPS) is 12.9. The second-order valence-electron chi connectivity index (χ2n) is 5.76. The van der Waals surface area contributed by atoms with Gasteiger partial charge in [0, 0.05) is 23.2 Å². The fourth-order valence-electron chi connectivity index (χ4n) is 2.85. The van der Waals surface area contributed by atoms with E-state index in [0.717, 1.165) is 16.6 Å². The third-order valence-corrected chi connectivity index (χ3v) is 4.28. The van der Waals surface area contributed by atoms with Crippen molar-refractivity contribution in [3.05, 3.63) is 58.7 Å². The second-order valence-corrected chi connectivity index (χ2v) is 6.17. The number of halogens is 1. The molecule has 126 valence electrons. The number of rotatable bonds is 2. The van der Waals surface area contributed by atoms with E-state index in [0.29, 0.717) is 41.0 Å². The van der Waals surface area contributed by atoms with Gasteiger partial charge in [0.1, 0.15) is 13.2 Å². The van der Waals surface area contributed by atoms with Crippen LogP contribution in [-0.4, -0.2) is 24.1 Å². The van der Waals surface area contributed by atoms with Gasteiger partial charge in [-0.3, -0.25) is 9.78 Å². The van der Waals surface area contributed by atoms with E-state index in [2.05, 4.69) is 10.3 Å². The fourth-order valence-corrected chi connectivity index (χ4v) is 3.05. The summed E-state index contributed by atoms with van der Waals surface area (Å²) in [5, 5.41) is 4.05. The molecule has 2 aromatic carbocycles. The number of ether oxygens (including phenoxy) is 2. The van der Waals surface area contributed by atoms with E-state index < -0.39 is 0 Å². The topological polar surface area (TPSA) is 60.5 Å². The average Bonchev–Trinajstić information content (AvgIpc) is 2.61. The lowest BCUT2D eigenvalue weighted by molar-refractivity contribution is 0.102. The van der Waals surface area contributed by atoms with Gasteiger partial charge in [0.25, 0.3) is 5.91 Å². The first-order chi connectivity index (χ1) is 12.1. The van der Waals surface area contributed by atoms with Crippen molar-refractivity contribution in [1.82, 2.24) is 4.98 Å². The SMILES string of the molecule is Cc1cc(C(=O)Nc2cc3c(cc2Cl)OCCO3)c2ccccc2n1. The van der Waals surface area contributed by atoms with Crippen LogP contribution in [0.5, 0.6) is 11.5 Å². The number of amides is 1. The van der Waals surface area contributed by atoms with Crippen molar-refractivity contribution in [2.45, 2.75) is 6.92 Å². The minimum absolute atomic E-state index is 0.250. The van der Waals surface area contributed by atoms with Crippen molar-refractivity contribution >= 4 is 34.1 Å². The van der Waals surface area contributed by atoms with Gasteiger partial charge >= 0.3 is 0 Å². The Morgan fingerprint density at radius 2 is 1.84 bits per heavy atom. The summed E-state index contributed by atoms with van der Waals surface area (Å²) in [6.07, 6.45) is 0. The number of aromatic nitrogens is 1. The number of pyridine rings is 1. The lowest BCUT2D eigenvalue weighted by atomic mass is 10.1. The van der Waals surface area contributed by atoms with Gasteiger partial charge in [0.2, 0.25) is 0 Å². The monoisotopic (exact) mass is 354 g/mol. The van der Waals surface area contributed by atoms with E-state index in [-0.39, 0.29) is 5.91 Å². The number of aryl methyl sites for hydroxylation is 1. The molecular weight excluding hydrogens is 340 g/mol. The molecule has 4 rings (SSSR count). The summed E-state index contributed by atoms with van der Waals surface area (Å²) in [6, 6.07) is 12.6. The number of hydrogen-bond acceptors (Lipinski definition) is 4. The van der Waals surface area contributed by atoms with Crippen LogP contribution in [0.25, 0.3) is 10.9 Å². The summed E-state index contributed by atoms with van der Waals surface area (Å²) < 4.78 is 11.0. The van der Waals surface area contributed by atoms with Crippen molar-refractivity contribution in [3.63, 3.8) is 0 Å². The number of fused-ring (bicyclic) bond motifs is 2. The van der Waals surface area contributed by atoms with Gasteiger partial charge in [0.15, 0.2) is 11.5 Å². The molecule has 25 heavy (non-hydrogen) atoms. The molecular formula is C19H15ClN2O3. The van der Waals surface area contributed by atoms with E-state index >= 15 is 0 Å². The lowest BCUT2D eigenvalue weighted by Gasteiger charge is -2.20. The van der Waals surface area contributed by atoms with E-state index in [1.165, 1.54) is 0 Å². The number of nitrogens with one attached hydrogen (secondary N) is 1. The molecule has 0 spiro atoms. The molecule has 2 heterocycles. The molecule has 0 unspecified atom stereocenters. The first kappa shape index (κ1) is 15.7. The Balaban J connectivity index is 1.71. The summed E-state index contributed by atoms with van der Waals surface area (Å²) in [5.74, 6) is 0.904. The first-order valence-corrected chi connectivity index (χ1v) is 8.26. The molecule has 0 atom stereocenters. The highest BCUT2D eigenvalue weighted by Crippen LogP contribution is 2.38. The Morgan fingerprint density at radius 3 is 2.64 bits per heavy atom. The summed E-state index contributed by atoms with van der Waals surface area (Å²) in [7, 11) is 0. The van der Waals surface area contributed by atoms with Crippen LogP contribution in [0.1, 0.15) is 16.1 Å². The number of carbonyl (C=O) groups excluding carboxylic acids is 1. The molecule has 6 heteroatoms. The predicted octanol–water partition coefficient (Wildman–Crippen LogP) is 4.22. The average molecular weight is 355 g/mol. The lowest BCUT2D eigenvalue weighted by Crippen LogP contribution is -2.17. The molecule has 0 aliphatic carbocycles. The Hall–Kier alpha value is -2.79. The van der Waals surface area contributed by atoms with Crippen LogP contribution in [0.3, 0.4) is 0 Å². The molecule has 0 radical (unpaired) electrons. The third-order valence-electron chi connectivity index (χ3n) is 3.97. The largest absolute Gasteiger partial charge is 0.486 e. The Kier molecular flexibility index (Phi) is 3.93. The Bertz CT molecular complexity index is 988. The van der Waals surface area contributed by atoms with Crippen molar-refractivity contribution in [2.24, 2.45) is 0 Å². The van der Waals surface area contributed by atoms with Gasteiger partial charge in [-0.25, -0.2) is 0 Å². The molecule has 1 aliphatic rings. The van der Waals surface area contributed by atoms with E-state index in [1.807, 2.05) is 31.2 Å². The van der Waals surface area contributed by atoms with Gasteiger partial charge in [-0.15, -0.1) is 0 Å². The first-order valence-electron chi connectivity index (χ1n) is 7.89. The zero-order valence-corrected chi connectivity index (χ0v) is 14.3. The molecule has 1 aliphatic heterocycles. The number of hydrogen-bond donors (Lipinski definition) is 1. The zero-order valence-electron chi connectivity index (χ0n) is 13.5. The number of nitrogens with zero attached hydrogens (tertiary/aromatic N) is 1. The molecule has 0 fully saturated rings. The molecule has 3 aromatic rings. The second kappa shape index (κ2) is 6.26. The molecule has 0 saturated heterocycles. The van der Waals surface area contributed by atoms with Crippen molar-refractivity contribution < 1.29 is 14.3 Å². The van der Waals surface area contributed by atoms with Gasteiger partial charge < -0.3 is 14.8 Å². The minimum Gasteiger partial charge on any atom is -0.486 e. The summed E-state index contributed by atoms with van der Waals surface area (Å²) in [5.41, 5.74) is 2.58. The quantitative estimate of drug-likeness (QED) is 0.748. The highest BCUT2D eigenvalue weighted by molar-refractivity contribution is 6.34. The van der Waals surface area contributed by atoms with Crippen LogP contribution in [0, 0.1) is 6.92 Å². The smallest absolute Gasteiger partial charge is 0.256 e. The van der Waals surface area contributed by atoms with Crippen LogP contribution in [-0.2, 0) is 0 Å². The minimum atomic E-state index is -0.250. The Morgan fingerprint density at radius 1 is 1.12 bits per heavy atom. The summed E-state index contributed by atoms with van der Waals surface area (Å²) in [6.45, 7) is 2.81. The molecule has 1 N–H and O–H groups in total. The van der Waals surface area contributed by atoms with Gasteiger partial charge in [0.05, 0.1) is 21.8 Å². The van der Waals surface area contributed by atoms with Gasteiger partial charge in [-0.2, -0.15) is 0 Å². The summed E-state index contributed by atoms with van der Waals surface area (Å²) in [4.78, 5) is 17.3. The maximum atomic E-state index is 12.8. The molecule has 1 amide bonds.